The number of nitrogens with two attached hydrogens (primary N) is 1. The second-order valence-electron chi connectivity index (χ2n) is 4.63. The van der Waals surface area contributed by atoms with Gasteiger partial charge in [0.15, 0.2) is 0 Å². The number of nitrogen functional groups attached to an aromatic ring is 1. The van der Waals surface area contributed by atoms with Crippen molar-refractivity contribution in [3.63, 3.8) is 0 Å². The van der Waals surface area contributed by atoms with E-state index < -0.39 is 0 Å². The Morgan fingerprint density at radius 1 is 1.35 bits per heavy atom. The Bertz CT molecular complexity index is 363. The van der Waals surface area contributed by atoms with Gasteiger partial charge in [-0.15, -0.1) is 0 Å². The van der Waals surface area contributed by atoms with E-state index in [-0.39, 0.29) is 0 Å². The molecule has 1 heterocycles. The van der Waals surface area contributed by atoms with Gasteiger partial charge >= 0.3 is 0 Å². The monoisotopic (exact) mass is 252 g/mol. The first kappa shape index (κ1) is 12.5. The highest BCUT2D eigenvalue weighted by Gasteiger charge is 2.30. The summed E-state index contributed by atoms with van der Waals surface area (Å²) < 4.78 is 0.373. The molecule has 1 saturated carbocycles. The molecule has 0 aromatic carbocycles. The van der Waals surface area contributed by atoms with Gasteiger partial charge in [-0.1, -0.05) is 19.3 Å². The predicted octanol–water partition coefficient (Wildman–Crippen LogP) is 2.54. The van der Waals surface area contributed by atoms with Crippen LogP contribution in [0.25, 0.3) is 0 Å². The Morgan fingerprint density at radius 3 is 2.76 bits per heavy atom. The quantitative estimate of drug-likeness (QED) is 0.862. The molecule has 0 saturated heterocycles. The first-order chi connectivity index (χ1) is 8.24. The molecule has 4 nitrogen and oxygen atoms in total. The fourth-order valence-electron chi connectivity index (χ4n) is 2.37. The third-order valence-electron chi connectivity index (χ3n) is 3.48. The molecule has 0 amide bonds. The van der Waals surface area contributed by atoms with Crippen molar-refractivity contribution in [2.75, 3.05) is 23.9 Å². The standard InChI is InChI=1S/C12H20N4S/c1-17-12(5-3-2-4-6-12)8-14-11-7-10(13)15-9-16-11/h7,9H,2-6,8H2,1H3,(H3,13,14,15,16). The van der Waals surface area contributed by atoms with Crippen molar-refractivity contribution in [1.29, 1.82) is 0 Å². The molecule has 0 spiro atoms. The summed E-state index contributed by atoms with van der Waals surface area (Å²) in [6.45, 7) is 0.963. The Hall–Kier alpha value is -0.970. The molecule has 94 valence electrons. The van der Waals surface area contributed by atoms with Gasteiger partial charge in [0.1, 0.15) is 18.0 Å². The molecule has 1 fully saturated rings. The zero-order valence-electron chi connectivity index (χ0n) is 10.3. The number of nitrogens with zero attached hydrogens (tertiary/aromatic N) is 2. The minimum Gasteiger partial charge on any atom is -0.384 e. The summed E-state index contributed by atoms with van der Waals surface area (Å²) in [5, 5.41) is 3.40. The summed E-state index contributed by atoms with van der Waals surface area (Å²) in [7, 11) is 0. The topological polar surface area (TPSA) is 63.8 Å². The molecule has 17 heavy (non-hydrogen) atoms. The molecule has 0 unspecified atom stereocenters. The second-order valence-corrected chi connectivity index (χ2v) is 5.90. The van der Waals surface area contributed by atoms with Crippen molar-refractivity contribution in [3.05, 3.63) is 12.4 Å². The molecular weight excluding hydrogens is 232 g/mol. The molecule has 1 aromatic rings. The number of anilines is 2. The van der Waals surface area contributed by atoms with Crippen molar-refractivity contribution in [3.8, 4) is 0 Å². The Morgan fingerprint density at radius 2 is 2.12 bits per heavy atom. The van der Waals surface area contributed by atoms with E-state index in [1.54, 1.807) is 6.07 Å². The van der Waals surface area contributed by atoms with Crippen LogP contribution in [0.5, 0.6) is 0 Å². The molecule has 0 bridgehead atoms. The normalized spacial score (nSPS) is 18.9. The summed E-state index contributed by atoms with van der Waals surface area (Å²) in [6, 6.07) is 1.79. The lowest BCUT2D eigenvalue weighted by Crippen LogP contribution is -2.35. The van der Waals surface area contributed by atoms with Crippen molar-refractivity contribution < 1.29 is 0 Å². The van der Waals surface area contributed by atoms with E-state index in [0.717, 1.165) is 12.4 Å². The van der Waals surface area contributed by atoms with E-state index in [0.29, 0.717) is 10.6 Å². The largest absolute Gasteiger partial charge is 0.384 e. The van der Waals surface area contributed by atoms with Crippen LogP contribution >= 0.6 is 11.8 Å². The van der Waals surface area contributed by atoms with E-state index >= 15 is 0 Å². The maximum Gasteiger partial charge on any atom is 0.131 e. The summed E-state index contributed by atoms with van der Waals surface area (Å²) in [5.74, 6) is 1.35. The highest BCUT2D eigenvalue weighted by molar-refractivity contribution is 8.00. The number of thioether (sulfide) groups is 1. The minimum atomic E-state index is 0.373. The summed E-state index contributed by atoms with van der Waals surface area (Å²) in [6.07, 6.45) is 10.4. The lowest BCUT2D eigenvalue weighted by atomic mass is 9.88. The molecule has 1 aliphatic carbocycles. The van der Waals surface area contributed by atoms with Gasteiger partial charge in [-0.25, -0.2) is 9.97 Å². The molecule has 0 radical (unpaired) electrons. The molecule has 0 aliphatic heterocycles. The zero-order chi connectivity index (χ0) is 12.1. The number of hydrogen-bond acceptors (Lipinski definition) is 5. The fourth-order valence-corrected chi connectivity index (χ4v) is 3.28. The predicted molar refractivity (Wildman–Crippen MR) is 74.3 cm³/mol. The second kappa shape index (κ2) is 5.58. The molecule has 2 rings (SSSR count). The molecule has 1 aliphatic rings. The molecule has 5 heteroatoms. The minimum absolute atomic E-state index is 0.373. The van der Waals surface area contributed by atoms with Gasteiger partial charge in [-0.3, -0.25) is 0 Å². The summed E-state index contributed by atoms with van der Waals surface area (Å²) in [5.41, 5.74) is 5.64. The van der Waals surface area contributed by atoms with Crippen LogP contribution in [0.2, 0.25) is 0 Å². The first-order valence-corrected chi connectivity index (χ1v) is 7.33. The first-order valence-electron chi connectivity index (χ1n) is 6.11. The Kier molecular flexibility index (Phi) is 4.10. The summed E-state index contributed by atoms with van der Waals surface area (Å²) >= 11 is 1.98. The van der Waals surface area contributed by atoms with E-state index in [2.05, 4.69) is 21.5 Å². The van der Waals surface area contributed by atoms with Crippen molar-refractivity contribution in [1.82, 2.24) is 9.97 Å². The lowest BCUT2D eigenvalue weighted by Gasteiger charge is -2.36. The summed E-state index contributed by atoms with van der Waals surface area (Å²) in [4.78, 5) is 8.07. The van der Waals surface area contributed by atoms with Gasteiger partial charge in [0.25, 0.3) is 0 Å². The number of aromatic nitrogens is 2. The zero-order valence-corrected chi connectivity index (χ0v) is 11.1. The molecule has 3 N–H and O–H groups in total. The third-order valence-corrected chi connectivity index (χ3v) is 4.90. The Balaban J connectivity index is 1.95. The van der Waals surface area contributed by atoms with E-state index in [4.69, 9.17) is 5.73 Å². The smallest absolute Gasteiger partial charge is 0.131 e. The van der Waals surface area contributed by atoms with Gasteiger partial charge in [0, 0.05) is 17.4 Å². The van der Waals surface area contributed by atoms with Crippen LogP contribution in [-0.2, 0) is 0 Å². The van der Waals surface area contributed by atoms with Gasteiger partial charge in [0.2, 0.25) is 0 Å². The van der Waals surface area contributed by atoms with Crippen molar-refractivity contribution in [2.24, 2.45) is 0 Å². The van der Waals surface area contributed by atoms with Crippen LogP contribution in [0.1, 0.15) is 32.1 Å². The third kappa shape index (κ3) is 3.25. The molecule has 1 aromatic heterocycles. The number of rotatable bonds is 4. The number of hydrogen-bond donors (Lipinski definition) is 2. The molecular formula is C12H20N4S. The van der Waals surface area contributed by atoms with Crippen LogP contribution in [0.15, 0.2) is 12.4 Å². The van der Waals surface area contributed by atoms with E-state index in [9.17, 15) is 0 Å². The van der Waals surface area contributed by atoms with Gasteiger partial charge in [0.05, 0.1) is 0 Å². The average molecular weight is 252 g/mol. The highest BCUT2D eigenvalue weighted by Crippen LogP contribution is 2.38. The molecule has 0 atom stereocenters. The van der Waals surface area contributed by atoms with Crippen LogP contribution in [0, 0.1) is 0 Å². The SMILES string of the molecule is CSC1(CNc2cc(N)ncn2)CCCCC1. The van der Waals surface area contributed by atoms with Crippen LogP contribution in [-0.4, -0.2) is 27.5 Å². The number of nitrogens with one attached hydrogen (secondary N) is 1. The van der Waals surface area contributed by atoms with Gasteiger partial charge in [-0.2, -0.15) is 11.8 Å². The maximum atomic E-state index is 5.64. The highest BCUT2D eigenvalue weighted by atomic mass is 32.2. The fraction of sp³-hybridized carbons (Fsp3) is 0.667. The van der Waals surface area contributed by atoms with Gasteiger partial charge in [-0.05, 0) is 19.1 Å². The lowest BCUT2D eigenvalue weighted by molar-refractivity contribution is 0.411. The van der Waals surface area contributed by atoms with Crippen LogP contribution in [0.3, 0.4) is 0 Å². The van der Waals surface area contributed by atoms with Gasteiger partial charge < -0.3 is 11.1 Å². The van der Waals surface area contributed by atoms with Crippen molar-refractivity contribution >= 4 is 23.4 Å². The van der Waals surface area contributed by atoms with Crippen LogP contribution in [0.4, 0.5) is 11.6 Å². The average Bonchev–Trinajstić information content (AvgIpc) is 2.38. The van der Waals surface area contributed by atoms with Crippen molar-refractivity contribution in [2.45, 2.75) is 36.9 Å². The van der Waals surface area contributed by atoms with Crippen LogP contribution < -0.4 is 11.1 Å². The van der Waals surface area contributed by atoms with E-state index in [1.165, 1.54) is 38.4 Å². The Labute approximate surface area is 107 Å². The maximum absolute atomic E-state index is 5.64. The van der Waals surface area contributed by atoms with E-state index in [1.807, 2.05) is 11.8 Å².